The van der Waals surface area contributed by atoms with Crippen molar-refractivity contribution in [2.45, 2.75) is 78.7 Å². The molecule has 6 rings (SSSR count). The lowest BCUT2D eigenvalue weighted by Crippen LogP contribution is -2.53. The van der Waals surface area contributed by atoms with Crippen LogP contribution in [0.3, 0.4) is 0 Å². The monoisotopic (exact) mass is 727 g/mol. The van der Waals surface area contributed by atoms with Crippen LogP contribution in [-0.4, -0.2) is 75.6 Å². The van der Waals surface area contributed by atoms with Gasteiger partial charge in [-0.3, -0.25) is 19.8 Å². The van der Waals surface area contributed by atoms with Crippen molar-refractivity contribution in [2.75, 3.05) is 42.9 Å². The van der Waals surface area contributed by atoms with E-state index in [9.17, 15) is 19.1 Å². The Hall–Kier alpha value is -4.32. The quantitative estimate of drug-likeness (QED) is 0.161. The molecule has 276 valence electrons. The fraction of sp³-hybridized carbons (Fsp3) is 0.439. The average molecular weight is 728 g/mol. The predicted molar refractivity (Wildman–Crippen MR) is 205 cm³/mol. The Bertz CT molecular complexity index is 1900. The zero-order valence-electron chi connectivity index (χ0n) is 31.2. The zero-order valence-corrected chi connectivity index (χ0v) is 32.0. The molecule has 3 heterocycles. The van der Waals surface area contributed by atoms with E-state index in [2.05, 4.69) is 92.8 Å². The van der Waals surface area contributed by atoms with Crippen LogP contribution in [0.1, 0.15) is 82.4 Å². The molecule has 2 aliphatic rings. The number of benzene rings is 3. The molecule has 3 aromatic carbocycles. The number of anilines is 2. The standard InChI is InChI=1S/C41H50FN5O4S/c1-39(2,3)25-40(4,5)51-41(6,7)26-45-17-19-46(20-18-45)31-13-10-27(11-14-31)28-8-9-29-24-47(37(50)32(29)22-28)35(33-23-30(42)12-15-34(33)48)36(49)44-38-43-16-21-52-38/h8-16,21-23,35,48H,17-20,24-26H2,1-7H3,(H,43,44,49). The smallest absolute Gasteiger partial charge is 0.255 e. The number of piperazine rings is 1. The molecule has 1 saturated heterocycles. The molecule has 0 radical (unpaired) electrons. The third-order valence-electron chi connectivity index (χ3n) is 9.50. The summed E-state index contributed by atoms with van der Waals surface area (Å²) in [5, 5.41) is 15.4. The van der Waals surface area contributed by atoms with Gasteiger partial charge in [-0.2, -0.15) is 0 Å². The molecule has 1 aromatic heterocycles. The third-order valence-corrected chi connectivity index (χ3v) is 10.2. The Morgan fingerprint density at radius 1 is 0.942 bits per heavy atom. The predicted octanol–water partition coefficient (Wildman–Crippen LogP) is 8.12. The molecule has 0 saturated carbocycles. The summed E-state index contributed by atoms with van der Waals surface area (Å²) < 4.78 is 21.0. The van der Waals surface area contributed by atoms with Gasteiger partial charge in [-0.25, -0.2) is 9.37 Å². The van der Waals surface area contributed by atoms with E-state index in [-0.39, 0.29) is 40.4 Å². The number of ether oxygens (including phenoxy) is 1. The first-order chi connectivity index (χ1) is 24.5. The van der Waals surface area contributed by atoms with Crippen LogP contribution in [0.2, 0.25) is 0 Å². The van der Waals surface area contributed by atoms with Crippen molar-refractivity contribution in [1.82, 2.24) is 14.8 Å². The van der Waals surface area contributed by atoms with Crippen LogP contribution in [0, 0.1) is 11.2 Å². The molecule has 0 bridgehead atoms. The highest BCUT2D eigenvalue weighted by atomic mass is 32.1. The van der Waals surface area contributed by atoms with Crippen molar-refractivity contribution < 1.29 is 23.8 Å². The van der Waals surface area contributed by atoms with Gasteiger partial charge in [0.15, 0.2) is 5.13 Å². The summed E-state index contributed by atoms with van der Waals surface area (Å²) in [4.78, 5) is 37.9. The van der Waals surface area contributed by atoms with Gasteiger partial charge in [-0.05, 0) is 92.6 Å². The van der Waals surface area contributed by atoms with Crippen molar-refractivity contribution in [3.8, 4) is 16.9 Å². The van der Waals surface area contributed by atoms with E-state index in [0.29, 0.717) is 10.7 Å². The van der Waals surface area contributed by atoms with E-state index in [4.69, 9.17) is 4.74 Å². The number of phenols is 1. The number of hydrogen-bond acceptors (Lipinski definition) is 8. The van der Waals surface area contributed by atoms with Crippen molar-refractivity contribution in [3.05, 3.63) is 94.7 Å². The van der Waals surface area contributed by atoms with Crippen molar-refractivity contribution >= 4 is 34.0 Å². The van der Waals surface area contributed by atoms with Gasteiger partial charge < -0.3 is 19.6 Å². The number of carbonyl (C=O) groups is 2. The molecule has 1 atom stereocenters. The highest BCUT2D eigenvalue weighted by Gasteiger charge is 2.39. The molecule has 1 fully saturated rings. The summed E-state index contributed by atoms with van der Waals surface area (Å²) >= 11 is 1.22. The number of nitrogens with one attached hydrogen (secondary N) is 1. The second-order valence-electron chi connectivity index (χ2n) is 16.4. The lowest BCUT2D eigenvalue weighted by Gasteiger charge is -2.43. The number of amides is 2. The number of aromatic hydroxyl groups is 1. The maximum atomic E-state index is 14.4. The fourth-order valence-electron chi connectivity index (χ4n) is 8.03. The second kappa shape index (κ2) is 14.6. The van der Waals surface area contributed by atoms with Crippen molar-refractivity contribution in [1.29, 1.82) is 0 Å². The van der Waals surface area contributed by atoms with Gasteiger partial charge in [0.25, 0.3) is 11.8 Å². The molecule has 0 spiro atoms. The molecule has 11 heteroatoms. The van der Waals surface area contributed by atoms with E-state index in [1.807, 2.05) is 18.2 Å². The summed E-state index contributed by atoms with van der Waals surface area (Å²) in [6.07, 6.45) is 2.54. The van der Waals surface area contributed by atoms with Gasteiger partial charge in [-0.15, -0.1) is 11.3 Å². The molecule has 4 aromatic rings. The topological polar surface area (TPSA) is 98.2 Å². The van der Waals surface area contributed by atoms with Gasteiger partial charge >= 0.3 is 0 Å². The Balaban J connectivity index is 1.11. The summed E-state index contributed by atoms with van der Waals surface area (Å²) in [7, 11) is 0. The highest BCUT2D eigenvalue weighted by Crippen LogP contribution is 2.38. The number of thiazole rings is 1. The van der Waals surface area contributed by atoms with E-state index in [0.717, 1.165) is 73.7 Å². The molecular weight excluding hydrogens is 678 g/mol. The van der Waals surface area contributed by atoms with E-state index < -0.39 is 17.8 Å². The maximum Gasteiger partial charge on any atom is 0.255 e. The molecule has 2 aliphatic heterocycles. The lowest BCUT2D eigenvalue weighted by atomic mass is 9.83. The maximum absolute atomic E-state index is 14.4. The van der Waals surface area contributed by atoms with Crippen LogP contribution < -0.4 is 10.2 Å². The van der Waals surface area contributed by atoms with Crippen LogP contribution in [0.15, 0.2) is 72.2 Å². The Labute approximate surface area is 310 Å². The summed E-state index contributed by atoms with van der Waals surface area (Å²) in [5.41, 5.74) is 3.94. The molecule has 52 heavy (non-hydrogen) atoms. The largest absolute Gasteiger partial charge is 0.508 e. The zero-order chi connectivity index (χ0) is 37.4. The van der Waals surface area contributed by atoms with Crippen molar-refractivity contribution in [2.24, 2.45) is 5.41 Å². The van der Waals surface area contributed by atoms with E-state index in [1.165, 1.54) is 22.3 Å². The number of phenolic OH excluding ortho intramolecular Hbond substituents is 1. The number of hydrogen-bond donors (Lipinski definition) is 2. The molecule has 1 unspecified atom stereocenters. The van der Waals surface area contributed by atoms with Gasteiger partial charge in [0, 0.05) is 67.7 Å². The third kappa shape index (κ3) is 8.82. The second-order valence-corrected chi connectivity index (χ2v) is 17.3. The first kappa shape index (κ1) is 37.4. The van der Waals surface area contributed by atoms with Gasteiger partial charge in [0.05, 0.1) is 11.2 Å². The number of fused-ring (bicyclic) bond motifs is 1. The minimum Gasteiger partial charge on any atom is -0.508 e. The van der Waals surface area contributed by atoms with E-state index >= 15 is 0 Å². The van der Waals surface area contributed by atoms with E-state index in [1.54, 1.807) is 11.6 Å². The molecule has 2 N–H and O–H groups in total. The summed E-state index contributed by atoms with van der Waals surface area (Å²) in [6.45, 7) is 20.3. The van der Waals surface area contributed by atoms with Crippen LogP contribution in [-0.2, 0) is 16.1 Å². The Morgan fingerprint density at radius 3 is 2.29 bits per heavy atom. The first-order valence-electron chi connectivity index (χ1n) is 17.9. The normalized spacial score (nSPS) is 16.3. The lowest BCUT2D eigenvalue weighted by molar-refractivity contribution is -0.145. The SMILES string of the molecule is CC(C)(C)CC(C)(C)OC(C)(C)CN1CCN(c2ccc(-c3ccc4c(c3)C(=O)N(C(C(=O)Nc3nccs3)c3cc(F)ccc3O)C4)cc2)CC1. The van der Waals surface area contributed by atoms with Gasteiger partial charge in [0.2, 0.25) is 0 Å². The number of rotatable bonds is 11. The van der Waals surface area contributed by atoms with Gasteiger partial charge in [-0.1, -0.05) is 45.0 Å². The van der Waals surface area contributed by atoms with Crippen LogP contribution >= 0.6 is 11.3 Å². The molecule has 9 nitrogen and oxygen atoms in total. The van der Waals surface area contributed by atoms with Gasteiger partial charge in [0.1, 0.15) is 17.6 Å². The first-order valence-corrected chi connectivity index (χ1v) is 18.8. The minimum absolute atomic E-state index is 0.00366. The van der Waals surface area contributed by atoms with Crippen LogP contribution in [0.4, 0.5) is 15.2 Å². The number of carbonyl (C=O) groups excluding carboxylic acids is 2. The fourth-order valence-corrected chi connectivity index (χ4v) is 8.56. The van der Waals surface area contributed by atoms with Crippen LogP contribution in [0.5, 0.6) is 5.75 Å². The number of aromatic nitrogens is 1. The average Bonchev–Trinajstić information content (AvgIpc) is 3.68. The number of nitrogens with zero attached hydrogens (tertiary/aromatic N) is 4. The van der Waals surface area contributed by atoms with Crippen molar-refractivity contribution in [3.63, 3.8) is 0 Å². The summed E-state index contributed by atoms with van der Waals surface area (Å²) in [6, 6.07) is 16.2. The summed E-state index contributed by atoms with van der Waals surface area (Å²) in [5.74, 6) is -1.87. The minimum atomic E-state index is -1.28. The Morgan fingerprint density at radius 2 is 1.63 bits per heavy atom. The molecule has 2 amide bonds. The number of halogens is 1. The van der Waals surface area contributed by atoms with Crippen LogP contribution in [0.25, 0.3) is 11.1 Å². The molecular formula is C41H50FN5O4S. The highest BCUT2D eigenvalue weighted by molar-refractivity contribution is 7.13. The molecule has 0 aliphatic carbocycles. The Kier molecular flexibility index (Phi) is 10.5.